The molecule has 1 aliphatic heterocycles. The number of carbonyl (C=O) groups excluding carboxylic acids is 2. The van der Waals surface area contributed by atoms with E-state index in [1.165, 1.54) is 11.6 Å². The number of hydrogen-bond acceptors (Lipinski definition) is 3. The lowest BCUT2D eigenvalue weighted by Crippen LogP contribution is -2.36. The van der Waals surface area contributed by atoms with E-state index in [9.17, 15) is 9.59 Å². The fourth-order valence-electron chi connectivity index (χ4n) is 2.99. The Morgan fingerprint density at radius 1 is 1.12 bits per heavy atom. The zero-order valence-electron chi connectivity index (χ0n) is 13.8. The first-order valence-corrected chi connectivity index (χ1v) is 8.21. The Balaban J connectivity index is 1.70. The van der Waals surface area contributed by atoms with Crippen molar-refractivity contribution in [1.82, 2.24) is 10.4 Å². The van der Waals surface area contributed by atoms with Crippen LogP contribution >= 0.6 is 0 Å². The lowest BCUT2D eigenvalue weighted by atomic mass is 9.96. The van der Waals surface area contributed by atoms with Gasteiger partial charge in [-0.3, -0.25) is 14.8 Å². The first-order valence-electron chi connectivity index (χ1n) is 8.21. The van der Waals surface area contributed by atoms with Gasteiger partial charge < -0.3 is 4.90 Å². The summed E-state index contributed by atoms with van der Waals surface area (Å²) in [5, 5.41) is 8.53. The van der Waals surface area contributed by atoms with Crippen LogP contribution in [0.5, 0.6) is 0 Å². The summed E-state index contributed by atoms with van der Waals surface area (Å²) < 4.78 is 0. The van der Waals surface area contributed by atoms with E-state index in [1.807, 2.05) is 53.4 Å². The van der Waals surface area contributed by atoms with Crippen molar-refractivity contribution in [2.45, 2.75) is 19.4 Å². The van der Waals surface area contributed by atoms with Crippen LogP contribution in [0.25, 0.3) is 6.08 Å². The molecular weight excluding hydrogens is 316 g/mol. The average Bonchev–Trinajstić information content (AvgIpc) is 2.66. The molecule has 128 valence electrons. The number of hydrogen-bond donors (Lipinski definition) is 2. The topological polar surface area (TPSA) is 69.6 Å². The van der Waals surface area contributed by atoms with Gasteiger partial charge in [0.15, 0.2) is 0 Å². The normalized spacial score (nSPS) is 13.6. The van der Waals surface area contributed by atoms with Crippen molar-refractivity contribution in [2.24, 2.45) is 0 Å². The molecule has 0 atom stereocenters. The predicted octanol–water partition coefficient (Wildman–Crippen LogP) is 2.33. The van der Waals surface area contributed by atoms with Crippen LogP contribution in [0.2, 0.25) is 0 Å². The molecule has 0 saturated carbocycles. The van der Waals surface area contributed by atoms with E-state index in [0.29, 0.717) is 13.0 Å². The molecule has 5 heteroatoms. The van der Waals surface area contributed by atoms with Crippen molar-refractivity contribution >= 4 is 17.9 Å². The van der Waals surface area contributed by atoms with Gasteiger partial charge in [0, 0.05) is 19.2 Å². The Hall–Kier alpha value is -2.92. The lowest BCUT2D eigenvalue weighted by molar-refractivity contribution is -0.131. The first-order chi connectivity index (χ1) is 12.2. The maximum Gasteiger partial charge on any atom is 0.267 e. The third-order valence-corrected chi connectivity index (χ3v) is 4.33. The molecule has 2 aromatic rings. The number of fused-ring (bicyclic) bond motifs is 1. The molecule has 0 bridgehead atoms. The number of carbonyl (C=O) groups is 2. The molecule has 2 aromatic carbocycles. The van der Waals surface area contributed by atoms with E-state index < -0.39 is 5.91 Å². The van der Waals surface area contributed by atoms with Crippen LogP contribution in [0.1, 0.15) is 22.3 Å². The van der Waals surface area contributed by atoms with Gasteiger partial charge in [-0.1, -0.05) is 42.5 Å². The second-order valence-corrected chi connectivity index (χ2v) is 6.07. The molecule has 5 nitrogen and oxygen atoms in total. The van der Waals surface area contributed by atoms with Crippen molar-refractivity contribution < 1.29 is 14.8 Å². The molecule has 2 N–H and O–H groups in total. The number of nitrogens with zero attached hydrogens (tertiary/aromatic N) is 1. The van der Waals surface area contributed by atoms with Crippen LogP contribution in [0.4, 0.5) is 0 Å². The molecule has 0 unspecified atom stereocenters. The number of benzene rings is 2. The summed E-state index contributed by atoms with van der Waals surface area (Å²) in [6.07, 6.45) is 4.14. The Morgan fingerprint density at radius 3 is 2.68 bits per heavy atom. The van der Waals surface area contributed by atoms with Gasteiger partial charge in [0.1, 0.15) is 0 Å². The quantitative estimate of drug-likeness (QED) is 0.511. The minimum absolute atomic E-state index is 0.123. The highest BCUT2D eigenvalue weighted by Gasteiger charge is 2.20. The van der Waals surface area contributed by atoms with Gasteiger partial charge in [0.05, 0.1) is 6.42 Å². The third-order valence-electron chi connectivity index (χ3n) is 4.33. The summed E-state index contributed by atoms with van der Waals surface area (Å²) in [5.41, 5.74) is 5.77. The van der Waals surface area contributed by atoms with Gasteiger partial charge >= 0.3 is 0 Å². The standard InChI is InChI=1S/C20H20N2O3/c23-19(21-25)9-7-16-6-8-17-10-11-22(14-18(17)12-16)20(24)13-15-4-2-1-3-5-15/h1-9,12,25H,10-11,13-14H2,(H,21,23)/b9-7+. The molecule has 3 rings (SSSR count). The lowest BCUT2D eigenvalue weighted by Gasteiger charge is -2.29. The SMILES string of the molecule is O=C(/C=C/c1ccc2c(c1)CN(C(=O)Cc1ccccc1)CC2)NO. The first kappa shape index (κ1) is 16.9. The smallest absolute Gasteiger partial charge is 0.267 e. The third kappa shape index (κ3) is 4.33. The molecular formula is C20H20N2O3. The molecule has 2 amide bonds. The van der Waals surface area contributed by atoms with E-state index in [2.05, 4.69) is 0 Å². The average molecular weight is 336 g/mol. The summed E-state index contributed by atoms with van der Waals surface area (Å²) in [6, 6.07) is 15.7. The molecule has 0 radical (unpaired) electrons. The Kier molecular flexibility index (Phi) is 5.26. The van der Waals surface area contributed by atoms with Gasteiger partial charge in [-0.25, -0.2) is 5.48 Å². The minimum atomic E-state index is -0.572. The van der Waals surface area contributed by atoms with Crippen LogP contribution in [0, 0.1) is 0 Å². The molecule has 0 saturated heterocycles. The second kappa shape index (κ2) is 7.77. The van der Waals surface area contributed by atoms with E-state index in [4.69, 9.17) is 5.21 Å². The van der Waals surface area contributed by atoms with Crippen LogP contribution in [0.3, 0.4) is 0 Å². The van der Waals surface area contributed by atoms with Gasteiger partial charge in [0.25, 0.3) is 5.91 Å². The van der Waals surface area contributed by atoms with Crippen LogP contribution in [0.15, 0.2) is 54.6 Å². The summed E-state index contributed by atoms with van der Waals surface area (Å²) in [7, 11) is 0. The highest BCUT2D eigenvalue weighted by molar-refractivity contribution is 5.90. The van der Waals surface area contributed by atoms with Crippen molar-refractivity contribution in [2.75, 3.05) is 6.54 Å². The summed E-state index contributed by atoms with van der Waals surface area (Å²) in [6.45, 7) is 1.30. The number of hydroxylamine groups is 1. The highest BCUT2D eigenvalue weighted by Crippen LogP contribution is 2.22. The monoisotopic (exact) mass is 336 g/mol. The maximum absolute atomic E-state index is 12.5. The van der Waals surface area contributed by atoms with Crippen molar-refractivity contribution in [3.05, 3.63) is 76.9 Å². The number of amides is 2. The molecule has 0 fully saturated rings. The van der Waals surface area contributed by atoms with Gasteiger partial charge in [-0.2, -0.15) is 0 Å². The molecule has 0 aromatic heterocycles. The van der Waals surface area contributed by atoms with Gasteiger partial charge in [0.2, 0.25) is 5.91 Å². The van der Waals surface area contributed by atoms with Gasteiger partial charge in [-0.15, -0.1) is 0 Å². The fourth-order valence-corrected chi connectivity index (χ4v) is 2.99. The largest absolute Gasteiger partial charge is 0.338 e. The highest BCUT2D eigenvalue weighted by atomic mass is 16.5. The van der Waals surface area contributed by atoms with E-state index >= 15 is 0 Å². The number of rotatable bonds is 4. The van der Waals surface area contributed by atoms with Crippen molar-refractivity contribution in [1.29, 1.82) is 0 Å². The molecule has 0 spiro atoms. The predicted molar refractivity (Wildman–Crippen MR) is 94.7 cm³/mol. The van der Waals surface area contributed by atoms with Gasteiger partial charge in [-0.05, 0) is 40.8 Å². The van der Waals surface area contributed by atoms with Crippen molar-refractivity contribution in [3.63, 3.8) is 0 Å². The minimum Gasteiger partial charge on any atom is -0.338 e. The molecule has 25 heavy (non-hydrogen) atoms. The Morgan fingerprint density at radius 2 is 1.92 bits per heavy atom. The molecule has 0 aliphatic carbocycles. The van der Waals surface area contributed by atoms with Crippen LogP contribution in [-0.2, 0) is 29.0 Å². The van der Waals surface area contributed by atoms with E-state index in [1.54, 1.807) is 11.6 Å². The van der Waals surface area contributed by atoms with E-state index in [-0.39, 0.29) is 5.91 Å². The molecule has 1 aliphatic rings. The summed E-state index contributed by atoms with van der Waals surface area (Å²) >= 11 is 0. The maximum atomic E-state index is 12.5. The van der Waals surface area contributed by atoms with Crippen LogP contribution in [-0.4, -0.2) is 28.5 Å². The summed E-state index contributed by atoms with van der Waals surface area (Å²) in [4.78, 5) is 25.5. The zero-order valence-corrected chi connectivity index (χ0v) is 13.8. The Labute approximate surface area is 146 Å². The van der Waals surface area contributed by atoms with Crippen LogP contribution < -0.4 is 5.48 Å². The van der Waals surface area contributed by atoms with E-state index in [0.717, 1.165) is 29.7 Å². The fraction of sp³-hybridized carbons (Fsp3) is 0.200. The summed E-state index contributed by atoms with van der Waals surface area (Å²) in [5.74, 6) is -0.449. The second-order valence-electron chi connectivity index (χ2n) is 6.07. The number of nitrogens with one attached hydrogen (secondary N) is 1. The molecule has 1 heterocycles. The zero-order chi connectivity index (χ0) is 17.6. The van der Waals surface area contributed by atoms with Crippen molar-refractivity contribution in [3.8, 4) is 0 Å². The Bertz CT molecular complexity index is 800.